The molecule has 1 saturated heterocycles. The normalized spacial score (nSPS) is 15.9. The van der Waals surface area contributed by atoms with Crippen LogP contribution < -0.4 is 4.90 Å². The van der Waals surface area contributed by atoms with Crippen LogP contribution >= 0.6 is 0 Å². The molecule has 0 atom stereocenters. The molecule has 1 fully saturated rings. The van der Waals surface area contributed by atoms with Crippen molar-refractivity contribution in [2.45, 2.75) is 33.7 Å². The molecule has 0 saturated carbocycles. The number of nitrogens with one attached hydrogen (secondary N) is 1. The second kappa shape index (κ2) is 8.30. The van der Waals surface area contributed by atoms with E-state index in [2.05, 4.69) is 73.3 Å². The van der Waals surface area contributed by atoms with Gasteiger partial charge in [-0.1, -0.05) is 55.0 Å². The van der Waals surface area contributed by atoms with E-state index in [1.165, 1.54) is 27.8 Å². The molecular formula is C22H30N3+. The summed E-state index contributed by atoms with van der Waals surface area (Å²) in [6, 6.07) is 15.5. The minimum atomic E-state index is 1.03. The lowest BCUT2D eigenvalue weighted by molar-refractivity contribution is -0.918. The zero-order valence-electron chi connectivity index (χ0n) is 15.8. The Bertz CT molecular complexity index is 711. The Morgan fingerprint density at radius 1 is 1.04 bits per heavy atom. The number of piperazine rings is 1. The highest BCUT2D eigenvalue weighted by molar-refractivity contribution is 5.79. The van der Waals surface area contributed by atoms with Gasteiger partial charge in [-0.15, -0.1) is 0 Å². The van der Waals surface area contributed by atoms with Gasteiger partial charge in [-0.3, -0.25) is 5.01 Å². The molecular weight excluding hydrogens is 306 g/mol. The lowest BCUT2D eigenvalue weighted by Crippen LogP contribution is -3.13. The molecule has 0 bridgehead atoms. The second-order valence-electron chi connectivity index (χ2n) is 7.15. The van der Waals surface area contributed by atoms with Gasteiger partial charge in [0.2, 0.25) is 0 Å². The molecule has 0 amide bonds. The van der Waals surface area contributed by atoms with E-state index in [0.717, 1.165) is 39.1 Å². The molecule has 1 heterocycles. The summed E-state index contributed by atoms with van der Waals surface area (Å²) in [6.07, 6.45) is 3.08. The van der Waals surface area contributed by atoms with Crippen molar-refractivity contribution in [1.82, 2.24) is 5.01 Å². The zero-order chi connectivity index (χ0) is 17.6. The van der Waals surface area contributed by atoms with Gasteiger partial charge in [-0.05, 0) is 37.0 Å². The van der Waals surface area contributed by atoms with Crippen LogP contribution in [-0.2, 0) is 13.0 Å². The summed E-state index contributed by atoms with van der Waals surface area (Å²) in [5, 5.41) is 6.88. The molecule has 0 aliphatic carbocycles. The number of benzene rings is 2. The van der Waals surface area contributed by atoms with Crippen LogP contribution in [0.2, 0.25) is 0 Å². The summed E-state index contributed by atoms with van der Waals surface area (Å²) in [5.74, 6) is 0. The molecule has 0 aromatic heterocycles. The summed E-state index contributed by atoms with van der Waals surface area (Å²) < 4.78 is 0. The van der Waals surface area contributed by atoms with Gasteiger partial charge in [0, 0.05) is 5.56 Å². The third-order valence-electron chi connectivity index (χ3n) is 5.14. The van der Waals surface area contributed by atoms with Gasteiger partial charge in [0.15, 0.2) is 0 Å². The van der Waals surface area contributed by atoms with Crippen molar-refractivity contribution in [3.05, 3.63) is 70.3 Å². The van der Waals surface area contributed by atoms with Crippen LogP contribution in [0.15, 0.2) is 47.6 Å². The Morgan fingerprint density at radius 3 is 2.40 bits per heavy atom. The van der Waals surface area contributed by atoms with E-state index in [4.69, 9.17) is 0 Å². The van der Waals surface area contributed by atoms with Crippen LogP contribution in [-0.4, -0.2) is 37.4 Å². The van der Waals surface area contributed by atoms with E-state index in [1.54, 1.807) is 4.90 Å². The van der Waals surface area contributed by atoms with Crippen molar-refractivity contribution < 1.29 is 4.90 Å². The fraction of sp³-hybridized carbons (Fsp3) is 0.409. The number of quaternary nitrogens is 1. The van der Waals surface area contributed by atoms with Crippen LogP contribution in [0, 0.1) is 13.8 Å². The highest BCUT2D eigenvalue weighted by atomic mass is 15.5. The van der Waals surface area contributed by atoms with Gasteiger partial charge in [-0.25, -0.2) is 0 Å². The molecule has 1 aliphatic heterocycles. The highest BCUT2D eigenvalue weighted by Crippen LogP contribution is 2.09. The molecule has 132 valence electrons. The van der Waals surface area contributed by atoms with Crippen molar-refractivity contribution in [3.63, 3.8) is 0 Å². The molecule has 1 aliphatic rings. The molecule has 0 spiro atoms. The smallest absolute Gasteiger partial charge is 0.103 e. The Balaban J connectivity index is 1.50. The Kier molecular flexibility index (Phi) is 5.87. The predicted molar refractivity (Wildman–Crippen MR) is 105 cm³/mol. The summed E-state index contributed by atoms with van der Waals surface area (Å²) in [5.41, 5.74) is 6.81. The van der Waals surface area contributed by atoms with E-state index in [1.807, 2.05) is 6.21 Å². The molecule has 25 heavy (non-hydrogen) atoms. The maximum absolute atomic E-state index is 4.67. The Labute approximate surface area is 152 Å². The Hall–Kier alpha value is -2.13. The van der Waals surface area contributed by atoms with Crippen LogP contribution in [0.3, 0.4) is 0 Å². The van der Waals surface area contributed by atoms with E-state index >= 15 is 0 Å². The highest BCUT2D eigenvalue weighted by Gasteiger charge is 2.19. The van der Waals surface area contributed by atoms with Crippen molar-refractivity contribution in [2.24, 2.45) is 5.10 Å². The number of rotatable bonds is 5. The van der Waals surface area contributed by atoms with Crippen LogP contribution in [0.4, 0.5) is 0 Å². The number of nitrogens with zero attached hydrogens (tertiary/aromatic N) is 2. The Morgan fingerprint density at radius 2 is 1.76 bits per heavy atom. The number of hydrogen-bond acceptors (Lipinski definition) is 2. The molecule has 3 nitrogen and oxygen atoms in total. The molecule has 3 heteroatoms. The first kappa shape index (κ1) is 17.7. The first-order valence-corrected chi connectivity index (χ1v) is 9.41. The van der Waals surface area contributed by atoms with Crippen molar-refractivity contribution >= 4 is 6.21 Å². The molecule has 2 aromatic rings. The average molecular weight is 337 g/mol. The first-order valence-electron chi connectivity index (χ1n) is 9.41. The minimum absolute atomic E-state index is 1.03. The molecule has 0 unspecified atom stereocenters. The van der Waals surface area contributed by atoms with Crippen molar-refractivity contribution in [2.75, 3.05) is 26.2 Å². The average Bonchev–Trinajstić information content (AvgIpc) is 2.64. The van der Waals surface area contributed by atoms with Crippen molar-refractivity contribution in [1.29, 1.82) is 0 Å². The van der Waals surface area contributed by atoms with E-state index in [-0.39, 0.29) is 0 Å². The predicted octanol–water partition coefficient (Wildman–Crippen LogP) is 2.60. The van der Waals surface area contributed by atoms with Gasteiger partial charge < -0.3 is 4.90 Å². The van der Waals surface area contributed by atoms with Gasteiger partial charge in [-0.2, -0.15) is 5.10 Å². The number of aryl methyl sites for hydroxylation is 3. The van der Waals surface area contributed by atoms with Crippen molar-refractivity contribution in [3.8, 4) is 0 Å². The fourth-order valence-electron chi connectivity index (χ4n) is 3.40. The van der Waals surface area contributed by atoms with Gasteiger partial charge in [0.05, 0.1) is 32.4 Å². The third-order valence-corrected chi connectivity index (χ3v) is 5.14. The van der Waals surface area contributed by atoms with Crippen LogP contribution in [0.5, 0.6) is 0 Å². The van der Waals surface area contributed by atoms with E-state index in [0.29, 0.717) is 0 Å². The van der Waals surface area contributed by atoms with Crippen LogP contribution in [0.1, 0.15) is 34.7 Å². The van der Waals surface area contributed by atoms with Crippen LogP contribution in [0.25, 0.3) is 0 Å². The van der Waals surface area contributed by atoms with E-state index < -0.39 is 0 Å². The van der Waals surface area contributed by atoms with Gasteiger partial charge in [0.25, 0.3) is 0 Å². The lowest BCUT2D eigenvalue weighted by atomic mass is 10.1. The maximum Gasteiger partial charge on any atom is 0.103 e. The van der Waals surface area contributed by atoms with Gasteiger partial charge in [0.1, 0.15) is 6.54 Å². The summed E-state index contributed by atoms with van der Waals surface area (Å²) in [7, 11) is 0. The zero-order valence-corrected chi connectivity index (χ0v) is 15.8. The monoisotopic (exact) mass is 336 g/mol. The summed E-state index contributed by atoms with van der Waals surface area (Å²) >= 11 is 0. The topological polar surface area (TPSA) is 20.0 Å². The number of hydrogen-bond donors (Lipinski definition) is 1. The standard InChI is InChI=1S/C22H29N3/c1-4-20-6-8-21(9-7-20)16-23-25-13-11-24(12-14-25)17-22-10-5-18(2)15-19(22)3/h5-10,15-16H,4,11-14,17H2,1-3H3/p+1. The lowest BCUT2D eigenvalue weighted by Gasteiger charge is -2.30. The second-order valence-corrected chi connectivity index (χ2v) is 7.15. The fourth-order valence-corrected chi connectivity index (χ4v) is 3.40. The minimum Gasteiger partial charge on any atom is -0.328 e. The van der Waals surface area contributed by atoms with Gasteiger partial charge >= 0.3 is 0 Å². The molecule has 3 rings (SSSR count). The molecule has 0 radical (unpaired) electrons. The molecule has 2 aromatic carbocycles. The summed E-state index contributed by atoms with van der Waals surface area (Å²) in [4.78, 5) is 1.66. The maximum atomic E-state index is 4.67. The quantitative estimate of drug-likeness (QED) is 0.832. The third kappa shape index (κ3) is 4.93. The summed E-state index contributed by atoms with van der Waals surface area (Å²) in [6.45, 7) is 12.1. The molecule has 1 N–H and O–H groups in total. The first-order chi connectivity index (χ1) is 12.1. The SMILES string of the molecule is CCc1ccc(C=NN2CC[NH+](Cc3ccc(C)cc3C)CC2)cc1. The largest absolute Gasteiger partial charge is 0.328 e. The van der Waals surface area contributed by atoms with E-state index in [9.17, 15) is 0 Å². The number of hydrazone groups is 1.